The van der Waals surface area contributed by atoms with Crippen LogP contribution >= 0.6 is 0 Å². The van der Waals surface area contributed by atoms with E-state index in [0.717, 1.165) is 18.7 Å². The Morgan fingerprint density at radius 3 is 2.50 bits per heavy atom. The molecule has 0 radical (unpaired) electrons. The first-order chi connectivity index (χ1) is 8.56. The van der Waals surface area contributed by atoms with E-state index in [-0.39, 0.29) is 6.04 Å². The maximum atomic E-state index is 5.22. The van der Waals surface area contributed by atoms with Crippen LogP contribution in [0.4, 0.5) is 0 Å². The summed E-state index contributed by atoms with van der Waals surface area (Å²) in [6.45, 7) is 12.4. The molecule has 0 amide bonds. The van der Waals surface area contributed by atoms with Gasteiger partial charge in [0.05, 0.1) is 18.3 Å². The molecule has 1 N–H and O–H groups in total. The molecule has 104 valence electrons. The van der Waals surface area contributed by atoms with Crippen molar-refractivity contribution in [3.63, 3.8) is 0 Å². The summed E-state index contributed by atoms with van der Waals surface area (Å²) in [6, 6.07) is 0.681. The van der Waals surface area contributed by atoms with E-state index >= 15 is 0 Å². The minimum Gasteiger partial charge on any atom is -0.382 e. The van der Waals surface area contributed by atoms with E-state index in [2.05, 4.69) is 49.7 Å². The monoisotopic (exact) mass is 253 g/mol. The third kappa shape index (κ3) is 3.12. The highest BCUT2D eigenvalue weighted by molar-refractivity contribution is 5.28. The lowest BCUT2D eigenvalue weighted by Gasteiger charge is -2.18. The Bertz CT molecular complexity index is 373. The summed E-state index contributed by atoms with van der Waals surface area (Å²) in [7, 11) is 1.73. The molecule has 0 fully saturated rings. The Morgan fingerprint density at radius 1 is 1.33 bits per heavy atom. The highest BCUT2D eigenvalue weighted by atomic mass is 16.5. The zero-order valence-corrected chi connectivity index (χ0v) is 12.6. The first kappa shape index (κ1) is 15.2. The van der Waals surface area contributed by atoms with Gasteiger partial charge in [0.2, 0.25) is 0 Å². The van der Waals surface area contributed by atoms with E-state index in [9.17, 15) is 0 Å². The lowest BCUT2D eigenvalue weighted by Crippen LogP contribution is -2.21. The summed E-state index contributed by atoms with van der Waals surface area (Å²) in [5, 5.41) is 8.21. The van der Waals surface area contributed by atoms with Crippen molar-refractivity contribution in [1.82, 2.24) is 15.1 Å². The summed E-state index contributed by atoms with van der Waals surface area (Å²) in [6.07, 6.45) is 1.08. The van der Waals surface area contributed by atoms with Gasteiger partial charge in [-0.1, -0.05) is 13.8 Å². The molecular formula is C14H27N3O. The van der Waals surface area contributed by atoms with E-state index in [0.29, 0.717) is 12.6 Å². The molecule has 18 heavy (non-hydrogen) atoms. The van der Waals surface area contributed by atoms with Gasteiger partial charge >= 0.3 is 0 Å². The van der Waals surface area contributed by atoms with Crippen molar-refractivity contribution >= 4 is 0 Å². The van der Waals surface area contributed by atoms with Gasteiger partial charge < -0.3 is 10.1 Å². The number of aryl methyl sites for hydroxylation is 1. The van der Waals surface area contributed by atoms with Crippen molar-refractivity contribution in [2.24, 2.45) is 0 Å². The summed E-state index contributed by atoms with van der Waals surface area (Å²) >= 11 is 0. The Morgan fingerprint density at radius 2 is 2.00 bits per heavy atom. The Hall–Kier alpha value is -0.870. The molecule has 2 unspecified atom stereocenters. The summed E-state index contributed by atoms with van der Waals surface area (Å²) < 4.78 is 7.31. The lowest BCUT2D eigenvalue weighted by atomic mass is 10.0. The number of hydrogen-bond donors (Lipinski definition) is 1. The van der Waals surface area contributed by atoms with Crippen molar-refractivity contribution in [2.75, 3.05) is 20.3 Å². The van der Waals surface area contributed by atoms with E-state index in [1.165, 1.54) is 11.3 Å². The van der Waals surface area contributed by atoms with Crippen LogP contribution in [0.2, 0.25) is 0 Å². The highest BCUT2D eigenvalue weighted by Gasteiger charge is 2.20. The second-order valence-corrected chi connectivity index (χ2v) is 4.85. The normalized spacial score (nSPS) is 14.8. The van der Waals surface area contributed by atoms with Crippen LogP contribution in [-0.2, 0) is 4.74 Å². The van der Waals surface area contributed by atoms with Gasteiger partial charge in [-0.05, 0) is 33.7 Å². The predicted molar refractivity (Wildman–Crippen MR) is 75.0 cm³/mol. The molecule has 0 aromatic carbocycles. The topological polar surface area (TPSA) is 39.1 Å². The number of methoxy groups -OCH3 is 1. The molecule has 1 rings (SSSR count). The lowest BCUT2D eigenvalue weighted by molar-refractivity contribution is 0.156. The third-order valence-electron chi connectivity index (χ3n) is 3.41. The van der Waals surface area contributed by atoms with Crippen LogP contribution in [0.15, 0.2) is 0 Å². The van der Waals surface area contributed by atoms with Gasteiger partial charge in [0.25, 0.3) is 0 Å². The molecule has 4 heteroatoms. The van der Waals surface area contributed by atoms with Gasteiger partial charge in [-0.25, -0.2) is 0 Å². The maximum Gasteiger partial charge on any atom is 0.0727 e. The van der Waals surface area contributed by atoms with Gasteiger partial charge in [0, 0.05) is 24.4 Å². The average molecular weight is 253 g/mol. The molecule has 0 saturated carbocycles. The predicted octanol–water partition coefficient (Wildman–Crippen LogP) is 2.77. The van der Waals surface area contributed by atoms with Crippen LogP contribution in [0.25, 0.3) is 0 Å². The first-order valence-corrected chi connectivity index (χ1v) is 6.84. The zero-order chi connectivity index (χ0) is 13.7. The standard InChI is InChI=1S/C14H27N3O/c1-7-13(15-8-2)14-11(4)16-17(12(14)5)10(3)9-18-6/h10,13,15H,7-9H2,1-6H3. The van der Waals surface area contributed by atoms with Crippen LogP contribution < -0.4 is 5.32 Å². The minimum atomic E-state index is 0.279. The van der Waals surface area contributed by atoms with Crippen molar-refractivity contribution < 1.29 is 4.74 Å². The van der Waals surface area contributed by atoms with Gasteiger partial charge in [-0.15, -0.1) is 0 Å². The van der Waals surface area contributed by atoms with Gasteiger partial charge in [0.15, 0.2) is 0 Å². The van der Waals surface area contributed by atoms with Gasteiger partial charge in [-0.2, -0.15) is 5.10 Å². The molecular weight excluding hydrogens is 226 g/mol. The van der Waals surface area contributed by atoms with Crippen molar-refractivity contribution in [3.05, 3.63) is 17.0 Å². The highest BCUT2D eigenvalue weighted by Crippen LogP contribution is 2.26. The zero-order valence-electron chi connectivity index (χ0n) is 12.6. The number of ether oxygens (including phenoxy) is 1. The largest absolute Gasteiger partial charge is 0.382 e. The smallest absolute Gasteiger partial charge is 0.0727 e. The fourth-order valence-electron chi connectivity index (χ4n) is 2.62. The van der Waals surface area contributed by atoms with Crippen molar-refractivity contribution in [1.29, 1.82) is 0 Å². The summed E-state index contributed by atoms with van der Waals surface area (Å²) in [5.74, 6) is 0. The molecule has 0 saturated heterocycles. The van der Waals surface area contributed by atoms with Crippen molar-refractivity contribution in [2.45, 2.75) is 53.1 Å². The van der Waals surface area contributed by atoms with Gasteiger partial charge in [-0.3, -0.25) is 4.68 Å². The second-order valence-electron chi connectivity index (χ2n) is 4.85. The number of nitrogens with one attached hydrogen (secondary N) is 1. The first-order valence-electron chi connectivity index (χ1n) is 6.84. The SMILES string of the molecule is CCNC(CC)c1c(C)nn(C(C)COC)c1C. The van der Waals surface area contributed by atoms with E-state index < -0.39 is 0 Å². The van der Waals surface area contributed by atoms with E-state index in [4.69, 9.17) is 4.74 Å². The van der Waals surface area contributed by atoms with Crippen LogP contribution in [0.5, 0.6) is 0 Å². The molecule has 0 aliphatic heterocycles. The number of nitrogens with zero attached hydrogens (tertiary/aromatic N) is 2. The maximum absolute atomic E-state index is 5.22. The Balaban J connectivity index is 3.06. The molecule has 2 atom stereocenters. The number of hydrogen-bond acceptors (Lipinski definition) is 3. The van der Waals surface area contributed by atoms with E-state index in [1.807, 2.05) is 0 Å². The van der Waals surface area contributed by atoms with Crippen LogP contribution in [-0.4, -0.2) is 30.0 Å². The van der Waals surface area contributed by atoms with Crippen molar-refractivity contribution in [3.8, 4) is 0 Å². The summed E-state index contributed by atoms with van der Waals surface area (Å²) in [4.78, 5) is 0. The van der Waals surface area contributed by atoms with Crippen LogP contribution in [0.1, 0.15) is 56.2 Å². The Kier molecular flexibility index (Phi) is 5.82. The molecule has 4 nitrogen and oxygen atoms in total. The second kappa shape index (κ2) is 6.90. The molecule has 0 spiro atoms. The third-order valence-corrected chi connectivity index (χ3v) is 3.41. The van der Waals surface area contributed by atoms with Gasteiger partial charge in [0.1, 0.15) is 0 Å². The quantitative estimate of drug-likeness (QED) is 0.812. The average Bonchev–Trinajstić information content (AvgIpc) is 2.63. The van der Waals surface area contributed by atoms with Crippen LogP contribution in [0, 0.1) is 13.8 Å². The molecule has 0 aliphatic carbocycles. The molecule has 0 aliphatic rings. The molecule has 1 aromatic rings. The molecule has 1 heterocycles. The molecule has 1 aromatic heterocycles. The fourth-order valence-corrected chi connectivity index (χ4v) is 2.62. The van der Waals surface area contributed by atoms with Crippen LogP contribution in [0.3, 0.4) is 0 Å². The fraction of sp³-hybridized carbons (Fsp3) is 0.786. The number of rotatable bonds is 7. The minimum absolute atomic E-state index is 0.279. The molecule has 0 bridgehead atoms. The Labute approximate surface area is 111 Å². The summed E-state index contributed by atoms with van der Waals surface area (Å²) in [5.41, 5.74) is 3.73. The van der Waals surface area contributed by atoms with E-state index in [1.54, 1.807) is 7.11 Å². The number of aromatic nitrogens is 2.